The number of unbranched alkanes of at least 4 members (excludes halogenated alkanes) is 3. The van der Waals surface area contributed by atoms with Crippen molar-refractivity contribution in [3.8, 4) is 0 Å². The van der Waals surface area contributed by atoms with Crippen LogP contribution in [0.1, 0.15) is 71.1 Å². The lowest BCUT2D eigenvalue weighted by atomic mass is 10.2. The Morgan fingerprint density at radius 1 is 0.724 bits per heavy atom. The largest absolute Gasteiger partial charge is 0.457 e. The van der Waals surface area contributed by atoms with E-state index in [1.54, 1.807) is 0 Å². The van der Waals surface area contributed by atoms with E-state index >= 15 is 0 Å². The van der Waals surface area contributed by atoms with E-state index in [0.717, 1.165) is 25.7 Å². The molecule has 0 radical (unpaired) electrons. The highest BCUT2D eigenvalue weighted by Gasteiger charge is 2.10. The second-order valence-electron chi connectivity index (χ2n) is 6.81. The molecular weight excluding hydrogens is 364 g/mol. The molecule has 0 atom stereocenters. The maximum absolute atomic E-state index is 11.4. The smallest absolute Gasteiger partial charge is 0.306 e. The van der Waals surface area contributed by atoms with Crippen molar-refractivity contribution in [2.45, 2.75) is 77.2 Å². The zero-order valence-corrected chi connectivity index (χ0v) is 18.0. The second kappa shape index (κ2) is 22.4. The van der Waals surface area contributed by atoms with Gasteiger partial charge in [-0.2, -0.15) is 0 Å². The van der Waals surface area contributed by atoms with Gasteiger partial charge in [0.25, 0.3) is 0 Å². The summed E-state index contributed by atoms with van der Waals surface area (Å²) in [5, 5.41) is 17.7. The van der Waals surface area contributed by atoms with Crippen LogP contribution in [0.2, 0.25) is 0 Å². The normalized spacial score (nSPS) is 12.7. The van der Waals surface area contributed by atoms with Gasteiger partial charge in [0.1, 0.15) is 6.10 Å². The molecule has 4 nitrogen and oxygen atoms in total. The van der Waals surface area contributed by atoms with Crippen molar-refractivity contribution >= 4 is 5.97 Å². The Morgan fingerprint density at radius 3 is 1.62 bits per heavy atom. The van der Waals surface area contributed by atoms with Gasteiger partial charge in [-0.3, -0.25) is 4.79 Å². The molecule has 0 aromatic rings. The molecule has 0 unspecified atom stereocenters. The number of carbonyl (C=O) groups is 1. The SMILES string of the molecule is CCCCCC=CCC=CCC=CCC=CCC=CCCC(=O)OC(CO)CO. The molecule has 0 aliphatic carbocycles. The number of hydrogen-bond donors (Lipinski definition) is 2. The van der Waals surface area contributed by atoms with Crippen LogP contribution in [0, 0.1) is 0 Å². The third kappa shape index (κ3) is 20.6. The van der Waals surface area contributed by atoms with E-state index in [4.69, 9.17) is 14.9 Å². The van der Waals surface area contributed by atoms with Gasteiger partial charge >= 0.3 is 5.97 Å². The van der Waals surface area contributed by atoms with E-state index in [0.29, 0.717) is 6.42 Å². The summed E-state index contributed by atoms with van der Waals surface area (Å²) < 4.78 is 4.88. The molecule has 0 fully saturated rings. The highest BCUT2D eigenvalue weighted by molar-refractivity contribution is 5.69. The van der Waals surface area contributed by atoms with Crippen LogP contribution >= 0.6 is 0 Å². The summed E-state index contributed by atoms with van der Waals surface area (Å²) in [7, 11) is 0. The summed E-state index contributed by atoms with van der Waals surface area (Å²) in [5.74, 6) is -0.402. The molecule has 0 rings (SSSR count). The zero-order valence-electron chi connectivity index (χ0n) is 18.0. The first kappa shape index (κ1) is 27.1. The Labute approximate surface area is 177 Å². The van der Waals surface area contributed by atoms with Crippen molar-refractivity contribution in [2.24, 2.45) is 0 Å². The van der Waals surface area contributed by atoms with Crippen molar-refractivity contribution in [2.75, 3.05) is 13.2 Å². The van der Waals surface area contributed by atoms with Crippen LogP contribution in [0.3, 0.4) is 0 Å². The quantitative estimate of drug-likeness (QED) is 0.178. The number of aliphatic hydroxyl groups excluding tert-OH is 2. The summed E-state index contributed by atoms with van der Waals surface area (Å²) in [5.41, 5.74) is 0. The average molecular weight is 405 g/mol. The summed E-state index contributed by atoms with van der Waals surface area (Å²) >= 11 is 0. The molecule has 164 valence electrons. The third-order valence-corrected chi connectivity index (χ3v) is 4.12. The van der Waals surface area contributed by atoms with Gasteiger partial charge < -0.3 is 14.9 Å². The van der Waals surface area contributed by atoms with Crippen LogP contribution in [0.25, 0.3) is 0 Å². The number of carbonyl (C=O) groups excluding carboxylic acids is 1. The van der Waals surface area contributed by atoms with Gasteiger partial charge in [-0.05, 0) is 44.9 Å². The average Bonchev–Trinajstić information content (AvgIpc) is 2.73. The third-order valence-electron chi connectivity index (χ3n) is 4.12. The van der Waals surface area contributed by atoms with Crippen molar-refractivity contribution in [1.82, 2.24) is 0 Å². The molecule has 0 aliphatic heterocycles. The Bertz CT molecular complexity index is 511. The van der Waals surface area contributed by atoms with Crippen molar-refractivity contribution in [3.63, 3.8) is 0 Å². The Hall–Kier alpha value is -1.91. The van der Waals surface area contributed by atoms with E-state index in [9.17, 15) is 4.79 Å². The second-order valence-corrected chi connectivity index (χ2v) is 6.81. The van der Waals surface area contributed by atoms with Crippen LogP contribution in [0.15, 0.2) is 60.8 Å². The predicted molar refractivity (Wildman–Crippen MR) is 122 cm³/mol. The van der Waals surface area contributed by atoms with E-state index in [1.807, 2.05) is 12.2 Å². The minimum absolute atomic E-state index is 0.252. The van der Waals surface area contributed by atoms with Crippen LogP contribution in [0.5, 0.6) is 0 Å². The van der Waals surface area contributed by atoms with Crippen LogP contribution in [0.4, 0.5) is 0 Å². The fourth-order valence-corrected chi connectivity index (χ4v) is 2.41. The van der Waals surface area contributed by atoms with E-state index in [1.165, 1.54) is 25.7 Å². The summed E-state index contributed by atoms with van der Waals surface area (Å²) in [6.07, 6.45) is 30.4. The molecule has 4 heteroatoms. The van der Waals surface area contributed by atoms with Gasteiger partial charge in [0, 0.05) is 6.42 Å². The molecular formula is C25H40O4. The molecule has 0 aromatic heterocycles. The maximum atomic E-state index is 11.4. The lowest BCUT2D eigenvalue weighted by Crippen LogP contribution is -2.25. The van der Waals surface area contributed by atoms with Crippen LogP contribution < -0.4 is 0 Å². The van der Waals surface area contributed by atoms with E-state index < -0.39 is 12.1 Å². The van der Waals surface area contributed by atoms with E-state index in [2.05, 4.69) is 55.5 Å². The minimum Gasteiger partial charge on any atom is -0.457 e. The Kier molecular flexibility index (Phi) is 20.9. The molecule has 2 N–H and O–H groups in total. The van der Waals surface area contributed by atoms with Gasteiger partial charge in [0.05, 0.1) is 13.2 Å². The maximum Gasteiger partial charge on any atom is 0.306 e. The molecule has 0 aromatic carbocycles. The fraction of sp³-hybridized carbons (Fsp3) is 0.560. The van der Waals surface area contributed by atoms with Gasteiger partial charge in [-0.25, -0.2) is 0 Å². The minimum atomic E-state index is -0.810. The van der Waals surface area contributed by atoms with Crippen molar-refractivity contribution in [1.29, 1.82) is 0 Å². The lowest BCUT2D eigenvalue weighted by Gasteiger charge is -2.11. The predicted octanol–water partition coefficient (Wildman–Crippen LogP) is 5.58. The number of hydrogen-bond acceptors (Lipinski definition) is 4. The highest BCUT2D eigenvalue weighted by atomic mass is 16.6. The van der Waals surface area contributed by atoms with Crippen LogP contribution in [-0.2, 0) is 9.53 Å². The molecule has 0 aliphatic rings. The number of esters is 1. The summed E-state index contributed by atoms with van der Waals surface area (Å²) in [6.45, 7) is 1.52. The zero-order chi connectivity index (χ0) is 21.4. The Balaban J connectivity index is 3.60. The van der Waals surface area contributed by atoms with Crippen molar-refractivity contribution < 1.29 is 19.7 Å². The molecule has 0 saturated carbocycles. The van der Waals surface area contributed by atoms with Gasteiger partial charge in [0.15, 0.2) is 0 Å². The monoisotopic (exact) mass is 404 g/mol. The topological polar surface area (TPSA) is 66.8 Å². The first-order chi connectivity index (χ1) is 14.2. The van der Waals surface area contributed by atoms with Crippen molar-refractivity contribution in [3.05, 3.63) is 60.8 Å². The molecule has 0 amide bonds. The number of ether oxygens (including phenoxy) is 1. The number of allylic oxidation sites excluding steroid dienone is 10. The van der Waals surface area contributed by atoms with Gasteiger partial charge in [-0.15, -0.1) is 0 Å². The molecule has 0 saturated heterocycles. The molecule has 0 spiro atoms. The van der Waals surface area contributed by atoms with Gasteiger partial charge in [0.2, 0.25) is 0 Å². The Morgan fingerprint density at radius 2 is 1.17 bits per heavy atom. The first-order valence-electron chi connectivity index (χ1n) is 10.9. The molecule has 29 heavy (non-hydrogen) atoms. The lowest BCUT2D eigenvalue weighted by molar-refractivity contribution is -0.153. The van der Waals surface area contributed by atoms with E-state index in [-0.39, 0.29) is 19.6 Å². The van der Waals surface area contributed by atoms with Crippen LogP contribution in [-0.4, -0.2) is 35.5 Å². The number of aliphatic hydroxyl groups is 2. The van der Waals surface area contributed by atoms with Gasteiger partial charge in [-0.1, -0.05) is 80.5 Å². The highest BCUT2D eigenvalue weighted by Crippen LogP contribution is 2.02. The summed E-state index contributed by atoms with van der Waals surface area (Å²) in [6, 6.07) is 0. The molecule has 0 bridgehead atoms. The fourth-order valence-electron chi connectivity index (χ4n) is 2.41. The molecule has 0 heterocycles. The first-order valence-corrected chi connectivity index (χ1v) is 10.9. The standard InChI is InChI=1S/C25H40O4/c1-2-3-4-5-6-7-8-9-10-11-12-13-14-15-16-17-18-19-20-21-25(28)29-24(22-26)23-27/h6-7,9-10,12-13,15-16,18-19,24,26-27H,2-5,8,11,14,17,20-23H2,1H3. The summed E-state index contributed by atoms with van der Waals surface area (Å²) in [4.78, 5) is 11.4. The number of rotatable bonds is 18.